The molecule has 1 aliphatic heterocycles. The molecule has 1 heterocycles. The van der Waals surface area contributed by atoms with Crippen LogP contribution in [0.1, 0.15) is 28.8 Å². The molecule has 0 saturated carbocycles. The van der Waals surface area contributed by atoms with E-state index in [1.807, 2.05) is 0 Å². The summed E-state index contributed by atoms with van der Waals surface area (Å²) in [5.41, 5.74) is 1.09. The van der Waals surface area contributed by atoms with Gasteiger partial charge in [0.2, 0.25) is 0 Å². The summed E-state index contributed by atoms with van der Waals surface area (Å²) in [6, 6.07) is 4.49. The van der Waals surface area contributed by atoms with Crippen LogP contribution in [0.2, 0.25) is 0 Å². The summed E-state index contributed by atoms with van der Waals surface area (Å²) in [7, 11) is 1.51. The van der Waals surface area contributed by atoms with Crippen LogP contribution in [0.5, 0.6) is 0 Å². The molecule has 0 aromatic heterocycles. The van der Waals surface area contributed by atoms with Gasteiger partial charge in [0.1, 0.15) is 0 Å². The van der Waals surface area contributed by atoms with Gasteiger partial charge < -0.3 is 4.90 Å². The largest absolute Gasteiger partial charge is 0.339 e. The van der Waals surface area contributed by atoms with Crippen LogP contribution in [-0.2, 0) is 9.05 Å². The number of amides is 1. The van der Waals surface area contributed by atoms with Gasteiger partial charge in [-0.2, -0.15) is 0 Å². The maximum absolute atomic E-state index is 12.2. The summed E-state index contributed by atoms with van der Waals surface area (Å²) in [6.07, 6.45) is 2.00. The first-order valence-corrected chi connectivity index (χ1v) is 8.04. The maximum Gasteiger partial charge on any atom is 0.261 e. The highest BCUT2D eigenvalue weighted by molar-refractivity contribution is 8.13. The van der Waals surface area contributed by atoms with E-state index in [-0.39, 0.29) is 10.8 Å². The van der Waals surface area contributed by atoms with E-state index < -0.39 is 9.05 Å². The lowest BCUT2D eigenvalue weighted by Gasteiger charge is -2.15. The van der Waals surface area contributed by atoms with Crippen LogP contribution in [0.25, 0.3) is 0 Å². The molecule has 0 bridgehead atoms. The molecular weight excluding hydrogens is 274 g/mol. The summed E-state index contributed by atoms with van der Waals surface area (Å²) in [6.45, 7) is 3.21. The molecule has 98 valence electrons. The van der Waals surface area contributed by atoms with Crippen molar-refractivity contribution in [1.82, 2.24) is 4.90 Å². The second kappa shape index (κ2) is 4.90. The monoisotopic (exact) mass is 287 g/mol. The zero-order valence-electron chi connectivity index (χ0n) is 10.0. The molecule has 18 heavy (non-hydrogen) atoms. The van der Waals surface area contributed by atoms with E-state index in [1.165, 1.54) is 12.1 Å². The summed E-state index contributed by atoms with van der Waals surface area (Å²) >= 11 is 0. The summed E-state index contributed by atoms with van der Waals surface area (Å²) in [4.78, 5) is 13.9. The normalized spacial score (nSPS) is 16.0. The van der Waals surface area contributed by atoms with Gasteiger partial charge in [0.05, 0.1) is 4.90 Å². The van der Waals surface area contributed by atoms with Gasteiger partial charge in [0.25, 0.3) is 15.0 Å². The van der Waals surface area contributed by atoms with E-state index >= 15 is 0 Å². The van der Waals surface area contributed by atoms with Gasteiger partial charge in [-0.3, -0.25) is 4.79 Å². The fourth-order valence-corrected chi connectivity index (χ4v) is 2.98. The molecule has 2 rings (SSSR count). The summed E-state index contributed by atoms with van der Waals surface area (Å²) in [5, 5.41) is 0. The number of rotatable bonds is 2. The molecule has 6 heteroatoms. The molecule has 0 atom stereocenters. The second-order valence-corrected chi connectivity index (χ2v) is 7.04. The van der Waals surface area contributed by atoms with Crippen LogP contribution in [0.3, 0.4) is 0 Å². The average molecular weight is 288 g/mol. The lowest BCUT2D eigenvalue weighted by molar-refractivity contribution is 0.0792. The standard InChI is InChI=1S/C12H14ClNO3S/c1-9-6-10(8-11(7-9)18(13,16)17)12(15)14-4-2-3-5-14/h6-8H,2-5H2,1H3. The van der Waals surface area contributed by atoms with Crippen molar-refractivity contribution in [2.24, 2.45) is 0 Å². The summed E-state index contributed by atoms with van der Waals surface area (Å²) < 4.78 is 22.6. The first-order chi connectivity index (χ1) is 8.38. The molecule has 0 N–H and O–H groups in total. The van der Waals surface area contributed by atoms with Crippen molar-refractivity contribution in [3.8, 4) is 0 Å². The Morgan fingerprint density at radius 2 is 1.83 bits per heavy atom. The van der Waals surface area contributed by atoms with Gasteiger partial charge in [-0.1, -0.05) is 0 Å². The number of benzene rings is 1. The molecule has 1 aliphatic rings. The van der Waals surface area contributed by atoms with E-state index in [9.17, 15) is 13.2 Å². The Morgan fingerprint density at radius 1 is 1.22 bits per heavy atom. The highest BCUT2D eigenvalue weighted by atomic mass is 35.7. The van der Waals surface area contributed by atoms with Crippen molar-refractivity contribution in [2.75, 3.05) is 13.1 Å². The minimum Gasteiger partial charge on any atom is -0.339 e. The molecular formula is C12H14ClNO3S. The van der Waals surface area contributed by atoms with Crippen molar-refractivity contribution in [1.29, 1.82) is 0 Å². The number of carbonyl (C=O) groups excluding carboxylic acids is 1. The van der Waals surface area contributed by atoms with Crippen LogP contribution in [0, 0.1) is 6.92 Å². The molecule has 0 unspecified atom stereocenters. The first-order valence-electron chi connectivity index (χ1n) is 5.73. The predicted octanol–water partition coefficient (Wildman–Crippen LogP) is 2.16. The minimum atomic E-state index is -3.80. The highest BCUT2D eigenvalue weighted by Gasteiger charge is 2.21. The van der Waals surface area contributed by atoms with Crippen LogP contribution in [0.4, 0.5) is 0 Å². The van der Waals surface area contributed by atoms with E-state index in [0.717, 1.165) is 25.9 Å². The van der Waals surface area contributed by atoms with E-state index in [2.05, 4.69) is 0 Å². The molecule has 1 amide bonds. The van der Waals surface area contributed by atoms with Crippen LogP contribution >= 0.6 is 10.7 Å². The maximum atomic E-state index is 12.2. The second-order valence-electron chi connectivity index (χ2n) is 4.47. The smallest absolute Gasteiger partial charge is 0.261 e. The number of hydrogen-bond acceptors (Lipinski definition) is 3. The number of hydrogen-bond donors (Lipinski definition) is 0. The lowest BCUT2D eigenvalue weighted by Crippen LogP contribution is -2.27. The average Bonchev–Trinajstić information content (AvgIpc) is 2.79. The van der Waals surface area contributed by atoms with Crippen LogP contribution < -0.4 is 0 Å². The van der Waals surface area contributed by atoms with Gasteiger partial charge in [-0.05, 0) is 43.5 Å². The van der Waals surface area contributed by atoms with Gasteiger partial charge in [0.15, 0.2) is 0 Å². The molecule has 4 nitrogen and oxygen atoms in total. The first kappa shape index (κ1) is 13.4. The SMILES string of the molecule is Cc1cc(C(=O)N2CCCC2)cc(S(=O)(=O)Cl)c1. The predicted molar refractivity (Wildman–Crippen MR) is 69.4 cm³/mol. The fourth-order valence-electron chi connectivity index (χ4n) is 2.11. The van der Waals surface area contributed by atoms with E-state index in [1.54, 1.807) is 17.9 Å². The van der Waals surface area contributed by atoms with Crippen LogP contribution in [-0.4, -0.2) is 32.3 Å². The zero-order chi connectivity index (χ0) is 13.3. The van der Waals surface area contributed by atoms with E-state index in [0.29, 0.717) is 11.1 Å². The van der Waals surface area contributed by atoms with Crippen molar-refractivity contribution in [2.45, 2.75) is 24.7 Å². The van der Waals surface area contributed by atoms with Gasteiger partial charge in [-0.15, -0.1) is 0 Å². The highest BCUT2D eigenvalue weighted by Crippen LogP contribution is 2.21. The molecule has 1 aromatic carbocycles. The van der Waals surface area contributed by atoms with Crippen molar-refractivity contribution in [3.05, 3.63) is 29.3 Å². The Morgan fingerprint density at radius 3 is 2.39 bits per heavy atom. The summed E-state index contributed by atoms with van der Waals surface area (Å²) in [5.74, 6) is -0.127. The Kier molecular flexibility index (Phi) is 3.64. The Labute approximate surface area is 111 Å². The third-order valence-corrected chi connectivity index (χ3v) is 4.31. The van der Waals surface area contributed by atoms with Crippen molar-refractivity contribution < 1.29 is 13.2 Å². The number of nitrogens with zero attached hydrogens (tertiary/aromatic N) is 1. The van der Waals surface area contributed by atoms with Gasteiger partial charge >= 0.3 is 0 Å². The quantitative estimate of drug-likeness (QED) is 0.783. The third-order valence-electron chi connectivity index (χ3n) is 2.97. The Bertz CT molecular complexity index is 577. The zero-order valence-corrected chi connectivity index (χ0v) is 11.6. The van der Waals surface area contributed by atoms with E-state index in [4.69, 9.17) is 10.7 Å². The lowest BCUT2D eigenvalue weighted by atomic mass is 10.1. The Hall–Kier alpha value is -1.07. The van der Waals surface area contributed by atoms with Crippen molar-refractivity contribution in [3.63, 3.8) is 0 Å². The number of aryl methyl sites for hydroxylation is 1. The molecule has 0 radical (unpaired) electrons. The molecule has 0 spiro atoms. The molecule has 1 saturated heterocycles. The number of carbonyl (C=O) groups is 1. The van der Waals surface area contributed by atoms with Crippen molar-refractivity contribution >= 4 is 25.6 Å². The van der Waals surface area contributed by atoms with Gasteiger partial charge in [-0.25, -0.2) is 8.42 Å². The Balaban J connectivity index is 2.39. The molecule has 1 fully saturated rings. The molecule has 0 aliphatic carbocycles. The minimum absolute atomic E-state index is 0.0216. The molecule has 1 aromatic rings. The van der Waals surface area contributed by atoms with Gasteiger partial charge in [0, 0.05) is 29.3 Å². The number of likely N-dealkylation sites (tertiary alicyclic amines) is 1. The van der Waals surface area contributed by atoms with Crippen LogP contribution in [0.15, 0.2) is 23.1 Å². The number of halogens is 1. The topological polar surface area (TPSA) is 54.5 Å². The third kappa shape index (κ3) is 2.84. The fraction of sp³-hybridized carbons (Fsp3) is 0.417.